The van der Waals surface area contributed by atoms with Gasteiger partial charge >= 0.3 is 5.97 Å². The second kappa shape index (κ2) is 5.09. The Labute approximate surface area is 112 Å². The van der Waals surface area contributed by atoms with Gasteiger partial charge in [-0.2, -0.15) is 0 Å². The van der Waals surface area contributed by atoms with E-state index in [0.29, 0.717) is 11.6 Å². The van der Waals surface area contributed by atoms with Crippen LogP contribution < -0.4 is 15.5 Å². The minimum atomic E-state index is -0.868. The second-order valence-electron chi connectivity index (χ2n) is 5.20. The number of aromatic carboxylic acids is 1. The molecule has 1 unspecified atom stereocenters. The molecule has 2 aliphatic rings. The number of nitrogens with zero attached hydrogens (tertiary/aromatic N) is 1. The lowest BCUT2D eigenvalue weighted by atomic mass is 10.1. The monoisotopic (exact) mass is 261 g/mol. The number of anilines is 2. The summed E-state index contributed by atoms with van der Waals surface area (Å²) in [7, 11) is 0. The lowest BCUT2D eigenvalue weighted by molar-refractivity contribution is 0.0697. The van der Waals surface area contributed by atoms with Crippen molar-refractivity contribution in [2.24, 2.45) is 0 Å². The standard InChI is InChI=1S/C14H19N3O2/c18-14(19)10-3-4-12-13(8-10)17(7-6-16-12)9-11-2-1-5-15-11/h3-4,8,11,15-16H,1-2,5-7,9H2,(H,18,19). The third-order valence-corrected chi connectivity index (χ3v) is 3.89. The van der Waals surface area contributed by atoms with E-state index in [4.69, 9.17) is 5.11 Å². The summed E-state index contributed by atoms with van der Waals surface area (Å²) in [6.07, 6.45) is 2.44. The van der Waals surface area contributed by atoms with Crippen LogP contribution in [0.3, 0.4) is 0 Å². The molecule has 1 atom stereocenters. The van der Waals surface area contributed by atoms with Gasteiger partial charge in [0, 0.05) is 25.7 Å². The summed E-state index contributed by atoms with van der Waals surface area (Å²) in [5.74, 6) is -0.868. The Hall–Kier alpha value is -1.75. The van der Waals surface area contributed by atoms with E-state index >= 15 is 0 Å². The highest BCUT2D eigenvalue weighted by Crippen LogP contribution is 2.30. The number of carboxylic acid groups (broad SMARTS) is 1. The summed E-state index contributed by atoms with van der Waals surface area (Å²) in [4.78, 5) is 13.4. The number of hydrogen-bond acceptors (Lipinski definition) is 4. The van der Waals surface area contributed by atoms with E-state index in [1.54, 1.807) is 12.1 Å². The number of carboxylic acids is 1. The van der Waals surface area contributed by atoms with Crippen molar-refractivity contribution in [2.45, 2.75) is 18.9 Å². The fourth-order valence-corrected chi connectivity index (χ4v) is 2.89. The van der Waals surface area contributed by atoms with Crippen LogP contribution in [0.4, 0.5) is 11.4 Å². The molecule has 5 nitrogen and oxygen atoms in total. The Kier molecular flexibility index (Phi) is 3.29. The molecule has 102 valence electrons. The van der Waals surface area contributed by atoms with E-state index in [1.807, 2.05) is 6.07 Å². The number of hydrogen-bond donors (Lipinski definition) is 3. The summed E-state index contributed by atoms with van der Waals surface area (Å²) < 4.78 is 0. The van der Waals surface area contributed by atoms with Crippen molar-refractivity contribution in [3.63, 3.8) is 0 Å². The highest BCUT2D eigenvalue weighted by Gasteiger charge is 2.23. The largest absolute Gasteiger partial charge is 0.478 e. The van der Waals surface area contributed by atoms with E-state index in [9.17, 15) is 4.79 Å². The predicted molar refractivity (Wildman–Crippen MR) is 75.1 cm³/mol. The van der Waals surface area contributed by atoms with E-state index in [-0.39, 0.29) is 0 Å². The average molecular weight is 261 g/mol. The van der Waals surface area contributed by atoms with Crippen LogP contribution >= 0.6 is 0 Å². The Morgan fingerprint density at radius 3 is 3.05 bits per heavy atom. The van der Waals surface area contributed by atoms with Gasteiger partial charge in [-0.05, 0) is 37.6 Å². The van der Waals surface area contributed by atoms with Gasteiger partial charge in [0.05, 0.1) is 16.9 Å². The lowest BCUT2D eigenvalue weighted by Gasteiger charge is -2.34. The average Bonchev–Trinajstić information content (AvgIpc) is 2.91. The first-order valence-corrected chi connectivity index (χ1v) is 6.83. The van der Waals surface area contributed by atoms with Crippen LogP contribution in [0.1, 0.15) is 23.2 Å². The molecule has 0 amide bonds. The van der Waals surface area contributed by atoms with Gasteiger partial charge in [-0.25, -0.2) is 4.79 Å². The van der Waals surface area contributed by atoms with Gasteiger partial charge in [0.1, 0.15) is 0 Å². The van der Waals surface area contributed by atoms with Gasteiger partial charge < -0.3 is 20.6 Å². The molecule has 3 N–H and O–H groups in total. The maximum atomic E-state index is 11.1. The first kappa shape index (κ1) is 12.3. The molecule has 0 saturated carbocycles. The van der Waals surface area contributed by atoms with Crippen molar-refractivity contribution in [1.82, 2.24) is 5.32 Å². The number of benzene rings is 1. The maximum Gasteiger partial charge on any atom is 0.335 e. The van der Waals surface area contributed by atoms with Crippen LogP contribution in [0.25, 0.3) is 0 Å². The van der Waals surface area contributed by atoms with Crippen LogP contribution in [0, 0.1) is 0 Å². The van der Waals surface area contributed by atoms with E-state index in [2.05, 4.69) is 15.5 Å². The normalized spacial score (nSPS) is 21.9. The SMILES string of the molecule is O=C(O)c1ccc2c(c1)N(CC1CCCN1)CCN2. The fourth-order valence-electron chi connectivity index (χ4n) is 2.89. The van der Waals surface area contributed by atoms with Crippen LogP contribution in [0.2, 0.25) is 0 Å². The molecule has 1 aromatic carbocycles. The summed E-state index contributed by atoms with van der Waals surface area (Å²) >= 11 is 0. The van der Waals surface area contributed by atoms with Crippen molar-refractivity contribution in [3.8, 4) is 0 Å². The Morgan fingerprint density at radius 2 is 2.32 bits per heavy atom. The molecule has 0 aliphatic carbocycles. The zero-order valence-corrected chi connectivity index (χ0v) is 10.9. The van der Waals surface area contributed by atoms with Crippen LogP contribution in [0.15, 0.2) is 18.2 Å². The molecular formula is C14H19N3O2. The van der Waals surface area contributed by atoms with Crippen molar-refractivity contribution in [3.05, 3.63) is 23.8 Å². The molecule has 5 heteroatoms. The zero-order valence-electron chi connectivity index (χ0n) is 10.9. The van der Waals surface area contributed by atoms with E-state index < -0.39 is 5.97 Å². The van der Waals surface area contributed by atoms with Crippen molar-refractivity contribution in [1.29, 1.82) is 0 Å². The zero-order chi connectivity index (χ0) is 13.2. The van der Waals surface area contributed by atoms with Gasteiger partial charge in [-0.1, -0.05) is 0 Å². The van der Waals surface area contributed by atoms with Crippen molar-refractivity contribution >= 4 is 17.3 Å². The molecule has 2 heterocycles. The highest BCUT2D eigenvalue weighted by molar-refractivity contribution is 5.91. The molecule has 0 aromatic heterocycles. The minimum Gasteiger partial charge on any atom is -0.478 e. The van der Waals surface area contributed by atoms with E-state index in [0.717, 1.165) is 37.6 Å². The van der Waals surface area contributed by atoms with Gasteiger partial charge in [-0.3, -0.25) is 0 Å². The highest BCUT2D eigenvalue weighted by atomic mass is 16.4. The Bertz CT molecular complexity index is 484. The number of nitrogens with one attached hydrogen (secondary N) is 2. The predicted octanol–water partition coefficient (Wildman–Crippen LogP) is 1.37. The van der Waals surface area contributed by atoms with E-state index in [1.165, 1.54) is 12.8 Å². The van der Waals surface area contributed by atoms with Gasteiger partial charge in [0.15, 0.2) is 0 Å². The first-order valence-electron chi connectivity index (χ1n) is 6.83. The molecule has 19 heavy (non-hydrogen) atoms. The molecule has 0 spiro atoms. The number of fused-ring (bicyclic) bond motifs is 1. The van der Waals surface area contributed by atoms with Crippen LogP contribution in [-0.4, -0.2) is 43.3 Å². The third-order valence-electron chi connectivity index (χ3n) is 3.89. The first-order chi connectivity index (χ1) is 9.24. The molecule has 1 aromatic rings. The summed E-state index contributed by atoms with van der Waals surface area (Å²) in [6.45, 7) is 3.89. The molecule has 3 rings (SSSR count). The Morgan fingerprint density at radius 1 is 1.42 bits per heavy atom. The molecule has 1 saturated heterocycles. The Balaban J connectivity index is 1.84. The topological polar surface area (TPSA) is 64.6 Å². The number of rotatable bonds is 3. The molecule has 2 aliphatic heterocycles. The second-order valence-corrected chi connectivity index (χ2v) is 5.20. The van der Waals surface area contributed by atoms with Gasteiger partial charge in [0.25, 0.3) is 0 Å². The quantitative estimate of drug-likeness (QED) is 0.767. The minimum absolute atomic E-state index is 0.354. The molecule has 0 radical (unpaired) electrons. The third kappa shape index (κ3) is 2.51. The summed E-state index contributed by atoms with van der Waals surface area (Å²) in [6, 6.07) is 5.83. The van der Waals surface area contributed by atoms with Gasteiger partial charge in [-0.15, -0.1) is 0 Å². The summed E-state index contributed by atoms with van der Waals surface area (Å²) in [5, 5.41) is 15.9. The molecular weight excluding hydrogens is 242 g/mol. The van der Waals surface area contributed by atoms with Gasteiger partial charge in [0.2, 0.25) is 0 Å². The van der Waals surface area contributed by atoms with Crippen molar-refractivity contribution in [2.75, 3.05) is 36.4 Å². The number of carbonyl (C=O) groups is 1. The maximum absolute atomic E-state index is 11.1. The van der Waals surface area contributed by atoms with Crippen molar-refractivity contribution < 1.29 is 9.90 Å². The smallest absolute Gasteiger partial charge is 0.335 e. The fraction of sp³-hybridized carbons (Fsp3) is 0.500. The lowest BCUT2D eigenvalue weighted by Crippen LogP contribution is -2.42. The van der Waals surface area contributed by atoms with Crippen LogP contribution in [-0.2, 0) is 0 Å². The van der Waals surface area contributed by atoms with Crippen LogP contribution in [0.5, 0.6) is 0 Å². The molecule has 0 bridgehead atoms. The molecule has 1 fully saturated rings. The summed E-state index contributed by atoms with van der Waals surface area (Å²) in [5.41, 5.74) is 2.40.